The van der Waals surface area contributed by atoms with Crippen LogP contribution >= 0.6 is 0 Å². The lowest BCUT2D eigenvalue weighted by molar-refractivity contribution is -0.137. The topological polar surface area (TPSA) is 125 Å². The number of nitrogens with zero attached hydrogens (tertiary/aromatic N) is 5. The number of nitrogens with one attached hydrogen (secondary N) is 2. The molecule has 2 N–H and O–H groups in total. The quantitative estimate of drug-likeness (QED) is 0.248. The second-order valence-corrected chi connectivity index (χ2v) is 14.3. The molecule has 254 valence electrons. The number of hydrogen-bond acceptors (Lipinski definition) is 7. The van der Waals surface area contributed by atoms with Crippen LogP contribution in [0.2, 0.25) is 0 Å². The maximum Gasteiger partial charge on any atom is 0.494 e. The van der Waals surface area contributed by atoms with Gasteiger partial charge in [-0.3, -0.25) is 18.7 Å². The number of halogens is 3. The normalized spacial score (nSPS) is 20.9. The number of amides is 2. The summed E-state index contributed by atoms with van der Waals surface area (Å²) >= 11 is 0. The summed E-state index contributed by atoms with van der Waals surface area (Å²) in [6, 6.07) is 8.62. The van der Waals surface area contributed by atoms with Gasteiger partial charge in [-0.05, 0) is 71.0 Å². The van der Waals surface area contributed by atoms with E-state index >= 15 is 0 Å². The first-order chi connectivity index (χ1) is 22.4. The maximum atomic E-state index is 13.8. The van der Waals surface area contributed by atoms with Crippen molar-refractivity contribution in [2.24, 2.45) is 5.92 Å². The monoisotopic (exact) mass is 665 g/mol. The van der Waals surface area contributed by atoms with Crippen LogP contribution in [0.1, 0.15) is 70.7 Å². The summed E-state index contributed by atoms with van der Waals surface area (Å²) < 4.78 is 54.5. The Hall–Kier alpha value is -4.24. The van der Waals surface area contributed by atoms with Gasteiger partial charge in [0.05, 0.1) is 41.2 Å². The molecular weight excluding hydrogens is 626 g/mol. The SMILES string of the molecule is CC(C)(Cn1cc(C(F)(F)F)cn1)NC(=O)[C@@H](Cc1cnc2ncccn12)NC(=O)[C@H]1C[C@@H]1c1ccc(B2OC(C)(C)C(C)(C)O2)cc1. The first-order valence-electron chi connectivity index (χ1n) is 15.9. The van der Waals surface area contributed by atoms with Gasteiger partial charge in [0.1, 0.15) is 6.04 Å². The summed E-state index contributed by atoms with van der Waals surface area (Å²) in [5.74, 6) is -0.644. The second kappa shape index (κ2) is 12.0. The lowest BCUT2D eigenvalue weighted by Crippen LogP contribution is -2.55. The molecule has 0 unspecified atom stereocenters. The fourth-order valence-corrected chi connectivity index (χ4v) is 5.92. The molecule has 1 aliphatic heterocycles. The number of imidazole rings is 1. The van der Waals surface area contributed by atoms with Crippen LogP contribution < -0.4 is 16.1 Å². The lowest BCUT2D eigenvalue weighted by atomic mass is 9.78. The third kappa shape index (κ3) is 6.97. The number of aromatic nitrogens is 5. The summed E-state index contributed by atoms with van der Waals surface area (Å²) in [7, 11) is -0.485. The third-order valence-corrected chi connectivity index (χ3v) is 9.41. The highest BCUT2D eigenvalue weighted by atomic mass is 19.4. The molecule has 11 nitrogen and oxygen atoms in total. The van der Waals surface area contributed by atoms with Crippen LogP contribution in [0.4, 0.5) is 13.2 Å². The smallest absolute Gasteiger partial charge is 0.399 e. The highest BCUT2D eigenvalue weighted by Gasteiger charge is 2.52. The number of fused-ring (bicyclic) bond motifs is 1. The van der Waals surface area contributed by atoms with Crippen LogP contribution in [0.3, 0.4) is 0 Å². The van der Waals surface area contributed by atoms with E-state index in [1.807, 2.05) is 52.0 Å². The number of rotatable bonds is 10. The lowest BCUT2D eigenvalue weighted by Gasteiger charge is -2.32. The van der Waals surface area contributed by atoms with Gasteiger partial charge < -0.3 is 19.9 Å². The largest absolute Gasteiger partial charge is 0.494 e. The van der Waals surface area contributed by atoms with Crippen LogP contribution in [0.5, 0.6) is 0 Å². The van der Waals surface area contributed by atoms with E-state index in [4.69, 9.17) is 9.31 Å². The zero-order valence-corrected chi connectivity index (χ0v) is 27.7. The van der Waals surface area contributed by atoms with Crippen molar-refractivity contribution < 1.29 is 32.1 Å². The fourth-order valence-electron chi connectivity index (χ4n) is 5.92. The van der Waals surface area contributed by atoms with Crippen molar-refractivity contribution in [3.8, 4) is 0 Å². The summed E-state index contributed by atoms with van der Waals surface area (Å²) in [4.78, 5) is 35.9. The summed E-state index contributed by atoms with van der Waals surface area (Å²) in [6.45, 7) is 11.3. The van der Waals surface area contributed by atoms with Gasteiger partial charge in [-0.2, -0.15) is 18.3 Å². The van der Waals surface area contributed by atoms with Gasteiger partial charge >= 0.3 is 13.3 Å². The van der Waals surface area contributed by atoms with Crippen LogP contribution in [-0.2, 0) is 38.0 Å². The third-order valence-electron chi connectivity index (χ3n) is 9.41. The predicted molar refractivity (Wildman–Crippen MR) is 171 cm³/mol. The first-order valence-corrected chi connectivity index (χ1v) is 15.9. The van der Waals surface area contributed by atoms with Crippen molar-refractivity contribution in [2.45, 2.75) is 95.8 Å². The zero-order chi connectivity index (χ0) is 34.6. The highest BCUT2D eigenvalue weighted by molar-refractivity contribution is 6.62. The minimum Gasteiger partial charge on any atom is -0.399 e. The Labute approximate surface area is 276 Å². The Kier molecular flexibility index (Phi) is 8.43. The highest BCUT2D eigenvalue weighted by Crippen LogP contribution is 2.47. The molecule has 0 spiro atoms. The Bertz CT molecular complexity index is 1800. The van der Waals surface area contributed by atoms with E-state index in [0.717, 1.165) is 28.1 Å². The van der Waals surface area contributed by atoms with E-state index in [9.17, 15) is 22.8 Å². The molecule has 2 aliphatic rings. The predicted octanol–water partition coefficient (Wildman–Crippen LogP) is 3.67. The molecule has 1 saturated heterocycles. The molecular formula is C33H39BF3N7O4. The molecule has 4 heterocycles. The van der Waals surface area contributed by atoms with Gasteiger partial charge in [-0.1, -0.05) is 24.3 Å². The van der Waals surface area contributed by atoms with E-state index in [-0.39, 0.29) is 30.7 Å². The van der Waals surface area contributed by atoms with Crippen molar-refractivity contribution in [1.82, 2.24) is 34.8 Å². The average molecular weight is 666 g/mol. The Balaban J connectivity index is 1.14. The molecule has 48 heavy (non-hydrogen) atoms. The summed E-state index contributed by atoms with van der Waals surface area (Å²) in [5, 5.41) is 9.66. The number of carbonyl (C=O) groups excluding carboxylic acids is 2. The minimum atomic E-state index is -4.53. The molecule has 15 heteroatoms. The molecule has 2 fully saturated rings. The van der Waals surface area contributed by atoms with Crippen molar-refractivity contribution in [1.29, 1.82) is 0 Å². The number of benzene rings is 1. The Morgan fingerprint density at radius 1 is 1.06 bits per heavy atom. The Morgan fingerprint density at radius 2 is 1.75 bits per heavy atom. The maximum absolute atomic E-state index is 13.8. The summed E-state index contributed by atoms with van der Waals surface area (Å²) in [5.41, 5.74) is -0.236. The van der Waals surface area contributed by atoms with E-state index in [0.29, 0.717) is 17.9 Å². The van der Waals surface area contributed by atoms with Gasteiger partial charge in [0.15, 0.2) is 0 Å². The fraction of sp³-hybridized carbons (Fsp3) is 0.485. The minimum absolute atomic E-state index is 0.0138. The first kappa shape index (κ1) is 33.7. The van der Waals surface area contributed by atoms with Crippen LogP contribution in [0.15, 0.2) is 61.3 Å². The van der Waals surface area contributed by atoms with Crippen LogP contribution in [0.25, 0.3) is 5.78 Å². The van der Waals surface area contributed by atoms with E-state index < -0.39 is 47.5 Å². The number of hydrogen-bond donors (Lipinski definition) is 2. The molecule has 0 radical (unpaired) electrons. The van der Waals surface area contributed by atoms with Crippen molar-refractivity contribution >= 4 is 30.2 Å². The van der Waals surface area contributed by atoms with Crippen LogP contribution in [0, 0.1) is 5.92 Å². The van der Waals surface area contributed by atoms with Gasteiger partial charge in [-0.15, -0.1) is 0 Å². The zero-order valence-electron chi connectivity index (χ0n) is 27.7. The molecule has 3 aromatic heterocycles. The number of alkyl halides is 3. The second-order valence-electron chi connectivity index (χ2n) is 14.3. The van der Waals surface area contributed by atoms with Gasteiger partial charge in [-0.25, -0.2) is 9.97 Å². The van der Waals surface area contributed by atoms with E-state index in [1.54, 1.807) is 42.9 Å². The average Bonchev–Trinajstić information content (AvgIpc) is 3.38. The van der Waals surface area contributed by atoms with Crippen molar-refractivity contribution in [2.75, 3.05) is 0 Å². The molecule has 6 rings (SSSR count). The standard InChI is InChI=1S/C33H39BF3N7O4/c1-30(2,19-43-18-21(16-40-43)33(35,36)37)42-28(46)26(14-23-17-39-29-38-12-7-13-44(23)29)41-27(45)25-15-24(25)20-8-10-22(11-9-20)34-47-31(3,4)32(5,6)48-34/h7-13,16-18,24-26H,14-15,19H2,1-6H3,(H,41,45)(H,42,46)/t24-,25+,26-/m1/s1. The molecule has 4 aromatic rings. The molecule has 3 atom stereocenters. The molecule has 0 bridgehead atoms. The van der Waals surface area contributed by atoms with Gasteiger partial charge in [0, 0.05) is 36.6 Å². The number of carbonyl (C=O) groups is 2. The molecule has 1 aliphatic carbocycles. The molecule has 2 amide bonds. The van der Waals surface area contributed by atoms with Crippen molar-refractivity contribution in [3.05, 3.63) is 78.1 Å². The Morgan fingerprint density at radius 3 is 2.40 bits per heavy atom. The molecule has 1 aromatic carbocycles. The van der Waals surface area contributed by atoms with E-state index in [1.165, 1.54) is 0 Å². The molecule has 1 saturated carbocycles. The van der Waals surface area contributed by atoms with E-state index in [2.05, 4.69) is 25.7 Å². The van der Waals surface area contributed by atoms with Crippen LogP contribution in [-0.4, -0.2) is 65.9 Å². The van der Waals surface area contributed by atoms with Crippen molar-refractivity contribution in [3.63, 3.8) is 0 Å². The van der Waals surface area contributed by atoms with Gasteiger partial charge in [0.25, 0.3) is 0 Å². The van der Waals surface area contributed by atoms with Gasteiger partial charge in [0.2, 0.25) is 17.6 Å². The summed E-state index contributed by atoms with van der Waals surface area (Å²) in [6.07, 6.45) is 2.83.